The molecule has 0 aromatic heterocycles. The maximum atomic E-state index is 11.4. The van der Waals surface area contributed by atoms with Gasteiger partial charge in [-0.15, -0.1) is 0 Å². The van der Waals surface area contributed by atoms with Crippen molar-refractivity contribution in [3.05, 3.63) is 35.4 Å². The van der Waals surface area contributed by atoms with E-state index >= 15 is 0 Å². The molecule has 0 bridgehead atoms. The summed E-state index contributed by atoms with van der Waals surface area (Å²) < 4.78 is 0. The van der Waals surface area contributed by atoms with Crippen molar-refractivity contribution in [2.24, 2.45) is 4.99 Å². The quantitative estimate of drug-likeness (QED) is 0.807. The molecule has 0 amide bonds. The first-order valence-corrected chi connectivity index (χ1v) is 4.90. The van der Waals surface area contributed by atoms with E-state index in [4.69, 9.17) is 5.26 Å². The van der Waals surface area contributed by atoms with Crippen molar-refractivity contribution < 1.29 is 9.90 Å². The Labute approximate surface area is 92.9 Å². The number of carboxylic acids is 1. The molecule has 1 aromatic carbocycles. The number of benzene rings is 1. The summed E-state index contributed by atoms with van der Waals surface area (Å²) in [6.07, 6.45) is 1.60. The molecule has 4 nitrogen and oxygen atoms in total. The van der Waals surface area contributed by atoms with Gasteiger partial charge in [-0.2, -0.15) is 5.26 Å². The molecule has 1 N–H and O–H groups in total. The van der Waals surface area contributed by atoms with Crippen LogP contribution in [0.3, 0.4) is 0 Å². The van der Waals surface area contributed by atoms with Gasteiger partial charge in [0.15, 0.2) is 0 Å². The van der Waals surface area contributed by atoms with Gasteiger partial charge in [0.2, 0.25) is 0 Å². The Bertz CT molecular complexity index is 502. The molecule has 1 unspecified atom stereocenters. The fourth-order valence-electron chi connectivity index (χ4n) is 1.97. The highest BCUT2D eigenvalue weighted by Gasteiger charge is 2.43. The van der Waals surface area contributed by atoms with E-state index in [0.717, 1.165) is 5.56 Å². The Morgan fingerprint density at radius 3 is 3.00 bits per heavy atom. The van der Waals surface area contributed by atoms with Crippen molar-refractivity contribution >= 4 is 12.2 Å². The third-order valence-corrected chi connectivity index (χ3v) is 2.86. The number of hydrogen-bond acceptors (Lipinski definition) is 3. The standard InChI is InChI=1S/C12H10N2O2/c13-6-5-12(11(15)16)8-14-7-9-3-1-2-4-10(9)12/h1-4,7H,5,8H2,(H,15,16). The smallest absolute Gasteiger partial charge is 0.317 e. The van der Waals surface area contributed by atoms with Gasteiger partial charge < -0.3 is 5.11 Å². The number of aliphatic imine (C=N–C) groups is 1. The van der Waals surface area contributed by atoms with E-state index in [0.29, 0.717) is 5.56 Å². The zero-order valence-corrected chi connectivity index (χ0v) is 8.55. The van der Waals surface area contributed by atoms with Gasteiger partial charge in [0.25, 0.3) is 0 Å². The molecular formula is C12H10N2O2. The molecule has 0 radical (unpaired) electrons. The molecule has 1 aromatic rings. The van der Waals surface area contributed by atoms with Crippen LogP contribution in [-0.4, -0.2) is 23.8 Å². The highest BCUT2D eigenvalue weighted by molar-refractivity contribution is 5.92. The molecule has 0 fully saturated rings. The summed E-state index contributed by atoms with van der Waals surface area (Å²) in [6.45, 7) is 0.132. The predicted octanol–water partition coefficient (Wildman–Crippen LogP) is 1.36. The minimum absolute atomic E-state index is 0.0588. The van der Waals surface area contributed by atoms with Crippen LogP contribution in [0, 0.1) is 11.3 Å². The second-order valence-electron chi connectivity index (χ2n) is 3.78. The Morgan fingerprint density at radius 1 is 1.56 bits per heavy atom. The number of nitrogens with zero attached hydrogens (tertiary/aromatic N) is 2. The summed E-state index contributed by atoms with van der Waals surface area (Å²) in [5.41, 5.74) is 0.283. The molecular weight excluding hydrogens is 204 g/mol. The topological polar surface area (TPSA) is 73.5 Å². The summed E-state index contributed by atoms with van der Waals surface area (Å²) >= 11 is 0. The van der Waals surface area contributed by atoms with Crippen LogP contribution >= 0.6 is 0 Å². The highest BCUT2D eigenvalue weighted by Crippen LogP contribution is 2.33. The zero-order valence-electron chi connectivity index (χ0n) is 8.55. The molecule has 4 heteroatoms. The molecule has 0 saturated heterocycles. The number of rotatable bonds is 2. The molecule has 16 heavy (non-hydrogen) atoms. The molecule has 1 atom stereocenters. The monoisotopic (exact) mass is 214 g/mol. The van der Waals surface area contributed by atoms with Crippen LogP contribution in [0.1, 0.15) is 17.5 Å². The van der Waals surface area contributed by atoms with Crippen LogP contribution < -0.4 is 0 Å². The fraction of sp³-hybridized carbons (Fsp3) is 0.250. The minimum Gasteiger partial charge on any atom is -0.480 e. The van der Waals surface area contributed by atoms with E-state index < -0.39 is 11.4 Å². The number of carbonyl (C=O) groups is 1. The third kappa shape index (κ3) is 1.38. The maximum Gasteiger partial charge on any atom is 0.317 e. The van der Waals surface area contributed by atoms with Crippen molar-refractivity contribution in [1.29, 1.82) is 5.26 Å². The molecule has 1 aliphatic rings. The number of fused-ring (bicyclic) bond motifs is 1. The van der Waals surface area contributed by atoms with E-state index in [-0.39, 0.29) is 13.0 Å². The Morgan fingerprint density at radius 2 is 2.31 bits per heavy atom. The molecule has 2 rings (SSSR count). The highest BCUT2D eigenvalue weighted by atomic mass is 16.4. The van der Waals surface area contributed by atoms with E-state index in [1.807, 2.05) is 18.2 Å². The van der Waals surface area contributed by atoms with Gasteiger partial charge in [0, 0.05) is 6.21 Å². The van der Waals surface area contributed by atoms with Crippen LogP contribution in [0.15, 0.2) is 29.3 Å². The van der Waals surface area contributed by atoms with Gasteiger partial charge >= 0.3 is 5.97 Å². The fourth-order valence-corrected chi connectivity index (χ4v) is 1.97. The minimum atomic E-state index is -1.18. The molecule has 1 aliphatic heterocycles. The van der Waals surface area contributed by atoms with Gasteiger partial charge in [0.05, 0.1) is 19.0 Å². The van der Waals surface area contributed by atoms with Crippen LogP contribution in [0.5, 0.6) is 0 Å². The lowest BCUT2D eigenvalue weighted by atomic mass is 9.74. The lowest BCUT2D eigenvalue weighted by Crippen LogP contribution is -2.41. The largest absolute Gasteiger partial charge is 0.480 e. The van der Waals surface area contributed by atoms with Crippen molar-refractivity contribution in [3.8, 4) is 6.07 Å². The number of carboxylic acid groups (broad SMARTS) is 1. The van der Waals surface area contributed by atoms with Crippen molar-refractivity contribution in [1.82, 2.24) is 0 Å². The second-order valence-corrected chi connectivity index (χ2v) is 3.78. The Balaban J connectivity index is 2.62. The summed E-state index contributed by atoms with van der Waals surface area (Å²) in [6, 6.07) is 9.13. The lowest BCUT2D eigenvalue weighted by molar-refractivity contribution is -0.143. The zero-order chi connectivity index (χ0) is 11.6. The van der Waals surface area contributed by atoms with Crippen molar-refractivity contribution in [2.75, 3.05) is 6.54 Å². The number of hydrogen-bond donors (Lipinski definition) is 1. The van der Waals surface area contributed by atoms with E-state index in [1.165, 1.54) is 0 Å². The predicted molar refractivity (Wildman–Crippen MR) is 58.4 cm³/mol. The van der Waals surface area contributed by atoms with Crippen molar-refractivity contribution in [3.63, 3.8) is 0 Å². The van der Waals surface area contributed by atoms with E-state index in [9.17, 15) is 9.90 Å². The number of nitriles is 1. The van der Waals surface area contributed by atoms with Gasteiger partial charge in [-0.25, -0.2) is 0 Å². The summed E-state index contributed by atoms with van der Waals surface area (Å²) in [7, 11) is 0. The SMILES string of the molecule is N#CCC1(C(=O)O)CN=Cc2ccccc21. The third-order valence-electron chi connectivity index (χ3n) is 2.86. The molecule has 80 valence electrons. The first kappa shape index (κ1) is 10.4. The van der Waals surface area contributed by atoms with Gasteiger partial charge in [-0.3, -0.25) is 9.79 Å². The summed E-state index contributed by atoms with van der Waals surface area (Å²) in [5.74, 6) is -0.988. The van der Waals surface area contributed by atoms with Crippen LogP contribution in [0.25, 0.3) is 0 Å². The van der Waals surface area contributed by atoms with Crippen LogP contribution in [0.2, 0.25) is 0 Å². The van der Waals surface area contributed by atoms with Gasteiger partial charge in [-0.1, -0.05) is 24.3 Å². The molecule has 0 saturated carbocycles. The normalized spacial score (nSPS) is 22.2. The first-order valence-electron chi connectivity index (χ1n) is 4.90. The maximum absolute atomic E-state index is 11.4. The average Bonchev–Trinajstić information content (AvgIpc) is 2.29. The van der Waals surface area contributed by atoms with Crippen LogP contribution in [0.4, 0.5) is 0 Å². The summed E-state index contributed by atoms with van der Waals surface area (Å²) in [5, 5.41) is 18.1. The van der Waals surface area contributed by atoms with Gasteiger partial charge in [0.1, 0.15) is 5.41 Å². The molecule has 1 heterocycles. The van der Waals surface area contributed by atoms with E-state index in [2.05, 4.69) is 4.99 Å². The van der Waals surface area contributed by atoms with Gasteiger partial charge in [-0.05, 0) is 11.1 Å². The summed E-state index contributed by atoms with van der Waals surface area (Å²) in [4.78, 5) is 15.5. The molecule has 0 aliphatic carbocycles. The first-order chi connectivity index (χ1) is 7.70. The average molecular weight is 214 g/mol. The molecule has 0 spiro atoms. The van der Waals surface area contributed by atoms with Crippen LogP contribution in [-0.2, 0) is 10.2 Å². The Hall–Kier alpha value is -2.15. The van der Waals surface area contributed by atoms with Crippen molar-refractivity contribution in [2.45, 2.75) is 11.8 Å². The van der Waals surface area contributed by atoms with E-state index in [1.54, 1.807) is 18.3 Å². The number of aliphatic carboxylic acids is 1. The second kappa shape index (κ2) is 3.78. The Kier molecular flexibility index (Phi) is 2.45. The lowest BCUT2D eigenvalue weighted by Gasteiger charge is -2.29.